The van der Waals surface area contributed by atoms with E-state index in [1.807, 2.05) is 49.1 Å². The van der Waals surface area contributed by atoms with Gasteiger partial charge in [0.25, 0.3) is 0 Å². The molecule has 1 aromatic rings. The van der Waals surface area contributed by atoms with Crippen molar-refractivity contribution < 1.29 is 9.53 Å². The van der Waals surface area contributed by atoms with Crippen molar-refractivity contribution in [3.8, 4) is 0 Å². The zero-order valence-corrected chi connectivity index (χ0v) is 12.3. The van der Waals surface area contributed by atoms with Crippen LogP contribution in [0.25, 0.3) is 0 Å². The Bertz CT molecular complexity index is 425. The molecule has 4 nitrogen and oxygen atoms in total. The Labute approximate surface area is 120 Å². The summed E-state index contributed by atoms with van der Waals surface area (Å²) in [5.41, 5.74) is 6.98. The molecule has 0 saturated carbocycles. The molecule has 1 aliphatic rings. The number of hydrogen-bond acceptors (Lipinski definition) is 3. The molecule has 110 valence electrons. The summed E-state index contributed by atoms with van der Waals surface area (Å²) in [5.74, 6) is 0.00764. The summed E-state index contributed by atoms with van der Waals surface area (Å²) in [5, 5.41) is 0. The molecule has 4 heteroatoms. The second-order valence-corrected chi connectivity index (χ2v) is 5.62. The van der Waals surface area contributed by atoms with Crippen LogP contribution < -0.4 is 5.73 Å². The molecule has 0 aliphatic carbocycles. The van der Waals surface area contributed by atoms with Gasteiger partial charge >= 0.3 is 0 Å². The lowest BCUT2D eigenvalue weighted by Gasteiger charge is -2.37. The Morgan fingerprint density at radius 1 is 1.30 bits per heavy atom. The fraction of sp³-hybridized carbons (Fsp3) is 0.562. The number of nitrogens with zero attached hydrogens (tertiary/aromatic N) is 1. The fourth-order valence-electron chi connectivity index (χ4n) is 2.79. The molecular formula is C16H24N2O2. The van der Waals surface area contributed by atoms with Gasteiger partial charge in [-0.2, -0.15) is 0 Å². The Morgan fingerprint density at radius 3 is 2.45 bits per heavy atom. The molecule has 3 unspecified atom stereocenters. The van der Waals surface area contributed by atoms with Crippen molar-refractivity contribution in [1.29, 1.82) is 0 Å². The van der Waals surface area contributed by atoms with Crippen molar-refractivity contribution in [3.05, 3.63) is 35.9 Å². The van der Waals surface area contributed by atoms with Crippen molar-refractivity contribution >= 4 is 5.91 Å². The maximum Gasteiger partial charge on any atom is 0.227 e. The number of benzene rings is 1. The van der Waals surface area contributed by atoms with Crippen LogP contribution in [0.4, 0.5) is 0 Å². The predicted molar refractivity (Wildman–Crippen MR) is 79.3 cm³/mol. The number of carbonyl (C=O) groups is 1. The number of rotatable bonds is 4. The summed E-state index contributed by atoms with van der Waals surface area (Å²) < 4.78 is 5.67. The summed E-state index contributed by atoms with van der Waals surface area (Å²) in [6, 6.07) is 10.0. The number of amides is 1. The van der Waals surface area contributed by atoms with Crippen LogP contribution in [0.2, 0.25) is 0 Å². The first-order valence-corrected chi connectivity index (χ1v) is 7.28. The van der Waals surface area contributed by atoms with Gasteiger partial charge in [0.2, 0.25) is 5.91 Å². The zero-order chi connectivity index (χ0) is 14.5. The van der Waals surface area contributed by atoms with Crippen LogP contribution in [0.1, 0.15) is 19.4 Å². The number of hydrogen-bond donors (Lipinski definition) is 1. The average Bonchev–Trinajstić information content (AvgIpc) is 2.44. The predicted octanol–water partition coefficient (Wildman–Crippen LogP) is 1.44. The van der Waals surface area contributed by atoms with Gasteiger partial charge in [-0.1, -0.05) is 30.3 Å². The Morgan fingerprint density at radius 2 is 1.90 bits per heavy atom. The first-order chi connectivity index (χ1) is 9.60. The molecule has 3 atom stereocenters. The topological polar surface area (TPSA) is 55.6 Å². The van der Waals surface area contributed by atoms with E-state index in [4.69, 9.17) is 10.5 Å². The van der Waals surface area contributed by atoms with Gasteiger partial charge in [-0.05, 0) is 25.8 Å². The minimum absolute atomic E-state index is 0.0952. The number of carbonyl (C=O) groups excluding carboxylic acids is 1. The molecule has 0 radical (unpaired) electrons. The first kappa shape index (κ1) is 15.0. The molecule has 20 heavy (non-hydrogen) atoms. The minimum Gasteiger partial charge on any atom is -0.372 e. The van der Waals surface area contributed by atoms with E-state index in [0.29, 0.717) is 26.1 Å². The van der Waals surface area contributed by atoms with Crippen LogP contribution in [-0.2, 0) is 16.0 Å². The third kappa shape index (κ3) is 3.81. The molecule has 1 fully saturated rings. The molecule has 0 aromatic heterocycles. The summed E-state index contributed by atoms with van der Waals surface area (Å²) >= 11 is 0. The van der Waals surface area contributed by atoms with Gasteiger partial charge in [0, 0.05) is 19.6 Å². The van der Waals surface area contributed by atoms with Crippen LogP contribution in [0.5, 0.6) is 0 Å². The SMILES string of the molecule is CC1CN(C(=O)C(CN)Cc2ccccc2)CC(C)O1. The quantitative estimate of drug-likeness (QED) is 0.905. The lowest BCUT2D eigenvalue weighted by molar-refractivity contribution is -0.147. The van der Waals surface area contributed by atoms with Gasteiger partial charge in [-0.15, -0.1) is 0 Å². The minimum atomic E-state index is -0.144. The lowest BCUT2D eigenvalue weighted by Crippen LogP contribution is -2.51. The molecular weight excluding hydrogens is 252 g/mol. The molecule has 2 rings (SSSR count). The van der Waals surface area contributed by atoms with E-state index in [-0.39, 0.29) is 24.0 Å². The van der Waals surface area contributed by atoms with Crippen LogP contribution in [-0.4, -0.2) is 42.6 Å². The van der Waals surface area contributed by atoms with Crippen molar-refractivity contribution in [1.82, 2.24) is 4.90 Å². The van der Waals surface area contributed by atoms with E-state index in [1.165, 1.54) is 0 Å². The van der Waals surface area contributed by atoms with Crippen LogP contribution in [0.3, 0.4) is 0 Å². The van der Waals surface area contributed by atoms with Gasteiger partial charge in [0.05, 0.1) is 18.1 Å². The van der Waals surface area contributed by atoms with Crippen LogP contribution in [0, 0.1) is 5.92 Å². The highest BCUT2D eigenvalue weighted by atomic mass is 16.5. The van der Waals surface area contributed by atoms with Gasteiger partial charge in [0.1, 0.15) is 0 Å². The average molecular weight is 276 g/mol. The third-order valence-electron chi connectivity index (χ3n) is 3.69. The summed E-state index contributed by atoms with van der Waals surface area (Å²) in [7, 11) is 0. The van der Waals surface area contributed by atoms with Gasteiger partial charge < -0.3 is 15.4 Å². The smallest absolute Gasteiger partial charge is 0.227 e. The summed E-state index contributed by atoms with van der Waals surface area (Å²) in [6.07, 6.45) is 0.895. The molecule has 1 heterocycles. The second kappa shape index (κ2) is 6.86. The maximum absolute atomic E-state index is 12.6. The van der Waals surface area contributed by atoms with Gasteiger partial charge in [-0.3, -0.25) is 4.79 Å². The Kier molecular flexibility index (Phi) is 5.15. The van der Waals surface area contributed by atoms with Crippen molar-refractivity contribution in [2.24, 2.45) is 11.7 Å². The van der Waals surface area contributed by atoms with E-state index in [1.54, 1.807) is 0 Å². The summed E-state index contributed by atoms with van der Waals surface area (Å²) in [4.78, 5) is 14.5. The number of nitrogens with two attached hydrogens (primary N) is 1. The molecule has 0 bridgehead atoms. The van der Waals surface area contributed by atoms with Crippen molar-refractivity contribution in [3.63, 3.8) is 0 Å². The molecule has 0 spiro atoms. The van der Waals surface area contributed by atoms with Gasteiger partial charge in [-0.25, -0.2) is 0 Å². The van der Waals surface area contributed by atoms with E-state index in [2.05, 4.69) is 0 Å². The van der Waals surface area contributed by atoms with Crippen LogP contribution in [0.15, 0.2) is 30.3 Å². The highest BCUT2D eigenvalue weighted by Crippen LogP contribution is 2.16. The maximum atomic E-state index is 12.6. The lowest BCUT2D eigenvalue weighted by atomic mass is 9.97. The molecule has 1 saturated heterocycles. The highest BCUT2D eigenvalue weighted by Gasteiger charge is 2.29. The molecule has 2 N–H and O–H groups in total. The van der Waals surface area contributed by atoms with E-state index < -0.39 is 0 Å². The van der Waals surface area contributed by atoms with E-state index in [0.717, 1.165) is 5.56 Å². The normalized spacial score (nSPS) is 24.4. The van der Waals surface area contributed by atoms with Crippen LogP contribution >= 0.6 is 0 Å². The van der Waals surface area contributed by atoms with E-state index in [9.17, 15) is 4.79 Å². The Hall–Kier alpha value is -1.39. The highest BCUT2D eigenvalue weighted by molar-refractivity contribution is 5.79. The zero-order valence-electron chi connectivity index (χ0n) is 12.3. The summed E-state index contributed by atoms with van der Waals surface area (Å²) in [6.45, 7) is 5.71. The molecule has 1 aromatic carbocycles. The van der Waals surface area contributed by atoms with Gasteiger partial charge in [0.15, 0.2) is 0 Å². The van der Waals surface area contributed by atoms with Crippen molar-refractivity contribution in [2.75, 3.05) is 19.6 Å². The molecule has 1 aliphatic heterocycles. The third-order valence-corrected chi connectivity index (χ3v) is 3.69. The number of morpholine rings is 1. The van der Waals surface area contributed by atoms with Crippen molar-refractivity contribution in [2.45, 2.75) is 32.5 Å². The molecule has 1 amide bonds. The first-order valence-electron chi connectivity index (χ1n) is 7.28. The standard InChI is InChI=1S/C16H24N2O2/c1-12-10-18(11-13(2)20-12)16(19)15(9-17)8-14-6-4-3-5-7-14/h3-7,12-13,15H,8-11,17H2,1-2H3. The largest absolute Gasteiger partial charge is 0.372 e. The second-order valence-electron chi connectivity index (χ2n) is 5.62. The monoisotopic (exact) mass is 276 g/mol. The fourth-order valence-corrected chi connectivity index (χ4v) is 2.79. The van der Waals surface area contributed by atoms with E-state index >= 15 is 0 Å². The number of ether oxygens (including phenoxy) is 1. The Balaban J connectivity index is 2.01.